The van der Waals surface area contributed by atoms with Crippen molar-refractivity contribution in [2.24, 2.45) is 5.84 Å². The molecule has 1 atom stereocenters. The Hall–Kier alpha value is -1.79. The summed E-state index contributed by atoms with van der Waals surface area (Å²) in [5, 5.41) is 3.97. The second-order valence-electron chi connectivity index (χ2n) is 5.83. The van der Waals surface area contributed by atoms with E-state index >= 15 is 0 Å². The molecule has 0 spiro atoms. The zero-order chi connectivity index (χ0) is 16.1. The number of likely N-dealkylation sites (tertiary alicyclic amines) is 1. The zero-order valence-corrected chi connectivity index (χ0v) is 14.4. The molecule has 3 amide bonds. The number of rotatable bonds is 3. The molecule has 2 rings (SSSR count). The van der Waals surface area contributed by atoms with Gasteiger partial charge in [-0.25, -0.2) is 10.6 Å². The number of hydrogen-bond donors (Lipinski definition) is 2. The lowest BCUT2D eigenvalue weighted by Gasteiger charge is -2.35. The smallest absolute Gasteiger partial charge is 0.326 e. The van der Waals surface area contributed by atoms with Crippen molar-refractivity contribution in [3.05, 3.63) is 29.8 Å². The fraction of sp³-hybridized carbons (Fsp3) is 0.500. The first-order valence-electron chi connectivity index (χ1n) is 7.66. The van der Waals surface area contributed by atoms with E-state index in [0.29, 0.717) is 6.54 Å². The lowest BCUT2D eigenvalue weighted by molar-refractivity contribution is -0.114. The van der Waals surface area contributed by atoms with Gasteiger partial charge in [0.2, 0.25) is 5.91 Å². The van der Waals surface area contributed by atoms with Gasteiger partial charge in [0.05, 0.1) is 6.54 Å². The summed E-state index contributed by atoms with van der Waals surface area (Å²) in [6, 6.07) is 7.44. The highest BCUT2D eigenvalue weighted by Crippen LogP contribution is 2.18. The van der Waals surface area contributed by atoms with Gasteiger partial charge in [0.1, 0.15) is 0 Å². The van der Waals surface area contributed by atoms with Gasteiger partial charge in [0, 0.05) is 25.2 Å². The van der Waals surface area contributed by atoms with Crippen molar-refractivity contribution in [3.8, 4) is 0 Å². The van der Waals surface area contributed by atoms with Crippen molar-refractivity contribution in [1.82, 2.24) is 9.91 Å². The highest BCUT2D eigenvalue weighted by Gasteiger charge is 2.26. The molecular weight excluding hydrogens is 316 g/mol. The molecule has 23 heavy (non-hydrogen) atoms. The van der Waals surface area contributed by atoms with Crippen LogP contribution in [-0.2, 0) is 11.3 Å². The van der Waals surface area contributed by atoms with Crippen LogP contribution in [0.25, 0.3) is 0 Å². The quantitative estimate of drug-likeness (QED) is 0.504. The minimum atomic E-state index is -0.127. The Labute approximate surface area is 143 Å². The van der Waals surface area contributed by atoms with Crippen LogP contribution in [-0.4, -0.2) is 34.4 Å². The second kappa shape index (κ2) is 8.74. The summed E-state index contributed by atoms with van der Waals surface area (Å²) in [6.07, 6.45) is 3.24. The molecular formula is C16H25ClN4O2. The lowest BCUT2D eigenvalue weighted by atomic mass is 10.0. The molecule has 0 aromatic heterocycles. The molecule has 1 aromatic rings. The van der Waals surface area contributed by atoms with Crippen molar-refractivity contribution in [1.29, 1.82) is 0 Å². The standard InChI is InChI=1S/C16H24N4O2.ClH/c1-12-5-3-4-10-19(12)16(22)20(17)11-14-6-8-15(9-7-14)18-13(2)21;/h6-9,12H,3-5,10-11,17H2,1-2H3,(H,18,21);1H. The summed E-state index contributed by atoms with van der Waals surface area (Å²) >= 11 is 0. The van der Waals surface area contributed by atoms with Gasteiger partial charge in [0.25, 0.3) is 0 Å². The molecule has 1 fully saturated rings. The number of carbonyl (C=O) groups excluding carboxylic acids is 2. The Morgan fingerprint density at radius 3 is 2.52 bits per heavy atom. The first kappa shape index (κ1) is 19.3. The van der Waals surface area contributed by atoms with Gasteiger partial charge in [-0.05, 0) is 43.9 Å². The van der Waals surface area contributed by atoms with E-state index in [4.69, 9.17) is 5.84 Å². The van der Waals surface area contributed by atoms with E-state index in [-0.39, 0.29) is 30.4 Å². The van der Waals surface area contributed by atoms with E-state index < -0.39 is 0 Å². The molecule has 1 aliphatic rings. The van der Waals surface area contributed by atoms with E-state index in [2.05, 4.69) is 12.2 Å². The van der Waals surface area contributed by atoms with E-state index in [1.165, 1.54) is 18.4 Å². The van der Waals surface area contributed by atoms with Crippen LogP contribution >= 0.6 is 12.4 Å². The maximum absolute atomic E-state index is 12.4. The first-order valence-corrected chi connectivity index (χ1v) is 7.66. The third-order valence-corrected chi connectivity index (χ3v) is 3.92. The number of carbonyl (C=O) groups is 2. The summed E-state index contributed by atoms with van der Waals surface area (Å²) in [7, 11) is 0. The maximum Gasteiger partial charge on any atom is 0.334 e. The van der Waals surface area contributed by atoms with E-state index in [1.807, 2.05) is 17.0 Å². The number of nitrogens with two attached hydrogens (primary N) is 1. The highest BCUT2D eigenvalue weighted by atomic mass is 35.5. The van der Waals surface area contributed by atoms with Crippen LogP contribution in [0.5, 0.6) is 0 Å². The monoisotopic (exact) mass is 340 g/mol. The number of amides is 3. The molecule has 1 saturated heterocycles. The van der Waals surface area contributed by atoms with Crippen molar-refractivity contribution < 1.29 is 9.59 Å². The van der Waals surface area contributed by atoms with Crippen LogP contribution in [0.1, 0.15) is 38.7 Å². The Bertz CT molecular complexity index is 535. The Morgan fingerprint density at radius 1 is 1.30 bits per heavy atom. The fourth-order valence-corrected chi connectivity index (χ4v) is 2.71. The minimum absolute atomic E-state index is 0. The number of nitrogens with one attached hydrogen (secondary N) is 1. The third kappa shape index (κ3) is 5.41. The van der Waals surface area contributed by atoms with Crippen LogP contribution in [0, 0.1) is 0 Å². The van der Waals surface area contributed by atoms with Crippen LogP contribution in [0.2, 0.25) is 0 Å². The van der Waals surface area contributed by atoms with Gasteiger partial charge in [-0.1, -0.05) is 12.1 Å². The van der Waals surface area contributed by atoms with Crippen LogP contribution in [0.3, 0.4) is 0 Å². The summed E-state index contributed by atoms with van der Waals surface area (Å²) in [5.74, 6) is 5.82. The van der Waals surface area contributed by atoms with E-state index in [9.17, 15) is 9.59 Å². The van der Waals surface area contributed by atoms with Gasteiger partial charge in [-0.15, -0.1) is 12.4 Å². The van der Waals surface area contributed by atoms with Gasteiger partial charge in [-0.2, -0.15) is 0 Å². The number of hydrazine groups is 1. The molecule has 128 valence electrons. The molecule has 7 heteroatoms. The van der Waals surface area contributed by atoms with E-state index in [0.717, 1.165) is 30.6 Å². The molecule has 1 heterocycles. The molecule has 6 nitrogen and oxygen atoms in total. The van der Waals surface area contributed by atoms with E-state index in [1.54, 1.807) is 12.1 Å². The molecule has 1 aliphatic heterocycles. The number of anilines is 1. The zero-order valence-electron chi connectivity index (χ0n) is 13.6. The SMILES string of the molecule is CC(=O)Nc1ccc(CN(N)C(=O)N2CCCCC2C)cc1.Cl. The Morgan fingerprint density at radius 2 is 1.96 bits per heavy atom. The van der Waals surface area contributed by atoms with Crippen LogP contribution in [0.4, 0.5) is 10.5 Å². The largest absolute Gasteiger partial charge is 0.334 e. The topological polar surface area (TPSA) is 78.7 Å². The second-order valence-corrected chi connectivity index (χ2v) is 5.83. The van der Waals surface area contributed by atoms with Gasteiger partial charge in [0.15, 0.2) is 0 Å². The number of urea groups is 1. The third-order valence-electron chi connectivity index (χ3n) is 3.92. The minimum Gasteiger partial charge on any atom is -0.326 e. The molecule has 0 saturated carbocycles. The Balaban J connectivity index is 0.00000264. The number of halogens is 1. The summed E-state index contributed by atoms with van der Waals surface area (Å²) in [4.78, 5) is 25.2. The van der Waals surface area contributed by atoms with Crippen LogP contribution < -0.4 is 11.2 Å². The number of piperidine rings is 1. The summed E-state index contributed by atoms with van der Waals surface area (Å²) in [6.45, 7) is 4.65. The molecule has 3 N–H and O–H groups in total. The normalized spacial score (nSPS) is 17.2. The highest BCUT2D eigenvalue weighted by molar-refractivity contribution is 5.88. The van der Waals surface area contributed by atoms with Gasteiger partial charge < -0.3 is 10.2 Å². The van der Waals surface area contributed by atoms with Gasteiger partial charge in [-0.3, -0.25) is 9.80 Å². The number of nitrogens with zero attached hydrogens (tertiary/aromatic N) is 2. The molecule has 0 radical (unpaired) electrons. The first-order chi connectivity index (χ1) is 10.5. The summed E-state index contributed by atoms with van der Waals surface area (Å²) < 4.78 is 0. The van der Waals surface area contributed by atoms with Crippen molar-refractivity contribution in [3.63, 3.8) is 0 Å². The average Bonchev–Trinajstić information content (AvgIpc) is 2.48. The van der Waals surface area contributed by atoms with Crippen LogP contribution in [0.15, 0.2) is 24.3 Å². The number of hydrogen-bond acceptors (Lipinski definition) is 3. The fourth-order valence-electron chi connectivity index (χ4n) is 2.71. The predicted octanol–water partition coefficient (Wildman–Crippen LogP) is 2.74. The number of benzene rings is 1. The van der Waals surface area contributed by atoms with Crippen molar-refractivity contribution >= 4 is 30.0 Å². The maximum atomic E-state index is 12.4. The predicted molar refractivity (Wildman–Crippen MR) is 93.1 cm³/mol. The lowest BCUT2D eigenvalue weighted by Crippen LogP contribution is -2.51. The van der Waals surface area contributed by atoms with Crippen molar-refractivity contribution in [2.45, 2.75) is 45.7 Å². The average molecular weight is 341 g/mol. The molecule has 0 bridgehead atoms. The Kier molecular flexibility index (Phi) is 7.32. The molecule has 0 aliphatic carbocycles. The molecule has 1 unspecified atom stereocenters. The van der Waals surface area contributed by atoms with Gasteiger partial charge >= 0.3 is 6.03 Å². The molecule has 1 aromatic carbocycles. The summed E-state index contributed by atoms with van der Waals surface area (Å²) in [5.41, 5.74) is 1.66. The van der Waals surface area contributed by atoms with Crippen molar-refractivity contribution in [2.75, 3.05) is 11.9 Å².